The van der Waals surface area contributed by atoms with Crippen LogP contribution in [0.5, 0.6) is 0 Å². The molecule has 0 unspecified atom stereocenters. The maximum atomic E-state index is 6.73. The molecule has 0 N–H and O–H groups in total. The fourth-order valence-electron chi connectivity index (χ4n) is 5.16. The molecule has 34 heavy (non-hydrogen) atoms. The van der Waals surface area contributed by atoms with E-state index in [9.17, 15) is 0 Å². The van der Waals surface area contributed by atoms with Gasteiger partial charge >= 0.3 is 0 Å². The molecule has 0 saturated carbocycles. The van der Waals surface area contributed by atoms with E-state index in [-0.39, 0.29) is 0 Å². The molecule has 166 valence electrons. The third-order valence-corrected chi connectivity index (χ3v) is 11.1. The van der Waals surface area contributed by atoms with Crippen molar-refractivity contribution >= 4 is 21.6 Å². The van der Waals surface area contributed by atoms with Crippen LogP contribution in [0.4, 0.5) is 0 Å². The van der Waals surface area contributed by atoms with Gasteiger partial charge in [-0.3, -0.25) is 0 Å². The molecule has 0 aromatic heterocycles. The van der Waals surface area contributed by atoms with Crippen LogP contribution in [0.1, 0.15) is 11.1 Å². The SMILES string of the molecule is Cc1ccc(S2(c3ccc(C)cc3)c3ccccc3-c3c(-c4ccccc4Cl)cccc32)cc1. The van der Waals surface area contributed by atoms with Gasteiger partial charge in [0.05, 0.1) is 0 Å². The van der Waals surface area contributed by atoms with Gasteiger partial charge in [0.25, 0.3) is 0 Å². The Morgan fingerprint density at radius 1 is 0.471 bits per heavy atom. The normalized spacial score (nSPS) is 14.3. The Morgan fingerprint density at radius 3 is 1.59 bits per heavy atom. The van der Waals surface area contributed by atoms with Gasteiger partial charge in [-0.2, -0.15) is 0 Å². The molecule has 0 aliphatic carbocycles. The minimum Gasteiger partial charge on any atom is -0.132 e. The highest BCUT2D eigenvalue weighted by Gasteiger charge is 2.42. The number of hydrogen-bond donors (Lipinski definition) is 0. The highest BCUT2D eigenvalue weighted by molar-refractivity contribution is 8.34. The average molecular weight is 477 g/mol. The second kappa shape index (κ2) is 8.20. The number of halogens is 1. The zero-order valence-electron chi connectivity index (χ0n) is 19.3. The van der Waals surface area contributed by atoms with Crippen LogP contribution in [-0.4, -0.2) is 0 Å². The van der Waals surface area contributed by atoms with E-state index in [1.807, 2.05) is 12.1 Å². The number of hydrogen-bond acceptors (Lipinski definition) is 0. The topological polar surface area (TPSA) is 0 Å². The van der Waals surface area contributed by atoms with E-state index in [1.54, 1.807) is 0 Å². The van der Waals surface area contributed by atoms with E-state index in [2.05, 4.69) is 117 Å². The van der Waals surface area contributed by atoms with Crippen LogP contribution in [0.25, 0.3) is 22.3 Å². The first kappa shape index (κ1) is 21.3. The maximum Gasteiger partial charge on any atom is 0.0484 e. The zero-order valence-corrected chi connectivity index (χ0v) is 20.8. The lowest BCUT2D eigenvalue weighted by molar-refractivity contribution is 1.26. The second-order valence-corrected chi connectivity index (χ2v) is 12.3. The van der Waals surface area contributed by atoms with E-state index in [1.165, 1.54) is 47.4 Å². The summed E-state index contributed by atoms with van der Waals surface area (Å²) in [6.07, 6.45) is 0. The second-order valence-electron chi connectivity index (χ2n) is 8.89. The standard InChI is InChI=1S/C32H25ClS/c1-22-14-18-24(19-15-22)34(25-20-16-23(2)17-21-25)30-12-6-4-9-28(30)32-27(10-7-13-31(32)34)26-8-3-5-11-29(26)33/h3-21H,1-2H3. The molecule has 0 spiro atoms. The van der Waals surface area contributed by atoms with Gasteiger partial charge in [0.15, 0.2) is 0 Å². The molecule has 1 aliphatic rings. The Bertz CT molecular complexity index is 1470. The Balaban J connectivity index is 1.78. The Morgan fingerprint density at radius 2 is 0.971 bits per heavy atom. The molecule has 5 aromatic rings. The van der Waals surface area contributed by atoms with E-state index in [0.29, 0.717) is 0 Å². The van der Waals surface area contributed by atoms with Gasteiger partial charge in [-0.25, -0.2) is 0 Å². The summed E-state index contributed by atoms with van der Waals surface area (Å²) >= 11 is 6.73. The lowest BCUT2D eigenvalue weighted by Gasteiger charge is -2.39. The predicted molar refractivity (Wildman–Crippen MR) is 145 cm³/mol. The molecule has 0 bridgehead atoms. The van der Waals surface area contributed by atoms with Crippen LogP contribution >= 0.6 is 21.6 Å². The molecule has 6 rings (SSSR count). The molecule has 0 atom stereocenters. The summed E-state index contributed by atoms with van der Waals surface area (Å²) in [5, 5.41) is 0.784. The third kappa shape index (κ3) is 3.08. The van der Waals surface area contributed by atoms with Crippen LogP contribution in [0.15, 0.2) is 135 Å². The summed E-state index contributed by atoms with van der Waals surface area (Å²) in [5.74, 6) is 0. The van der Waals surface area contributed by atoms with Crippen molar-refractivity contribution in [2.24, 2.45) is 0 Å². The molecule has 0 nitrogen and oxygen atoms in total. The lowest BCUT2D eigenvalue weighted by atomic mass is 9.95. The molecular formula is C32H25ClS. The first-order chi connectivity index (χ1) is 16.6. The number of fused-ring (bicyclic) bond motifs is 3. The van der Waals surface area contributed by atoms with Crippen molar-refractivity contribution in [1.29, 1.82) is 0 Å². The van der Waals surface area contributed by atoms with Crippen molar-refractivity contribution in [3.63, 3.8) is 0 Å². The average Bonchev–Trinajstić information content (AvgIpc) is 3.17. The lowest BCUT2D eigenvalue weighted by Crippen LogP contribution is -2.02. The fourth-order valence-corrected chi connectivity index (χ4v) is 9.60. The van der Waals surface area contributed by atoms with Crippen molar-refractivity contribution in [3.8, 4) is 22.3 Å². The minimum atomic E-state index is -1.66. The quantitative estimate of drug-likeness (QED) is 0.238. The Hall–Kier alpha value is -3.26. The molecule has 0 radical (unpaired) electrons. The highest BCUT2D eigenvalue weighted by atomic mass is 35.5. The van der Waals surface area contributed by atoms with Crippen LogP contribution in [0, 0.1) is 13.8 Å². The van der Waals surface area contributed by atoms with E-state index >= 15 is 0 Å². The van der Waals surface area contributed by atoms with Crippen LogP contribution in [0.3, 0.4) is 0 Å². The first-order valence-corrected chi connectivity index (χ1v) is 13.6. The van der Waals surface area contributed by atoms with E-state index in [4.69, 9.17) is 11.6 Å². The number of aryl methyl sites for hydroxylation is 2. The Labute approximate surface area is 208 Å². The van der Waals surface area contributed by atoms with Gasteiger partial charge in [0, 0.05) is 35.7 Å². The zero-order chi connectivity index (χ0) is 23.3. The van der Waals surface area contributed by atoms with E-state index < -0.39 is 10.0 Å². The maximum absolute atomic E-state index is 6.73. The fraction of sp³-hybridized carbons (Fsp3) is 0.0625. The molecule has 1 heterocycles. The summed E-state index contributed by atoms with van der Waals surface area (Å²) < 4.78 is 0. The number of rotatable bonds is 3. The van der Waals surface area contributed by atoms with Crippen molar-refractivity contribution in [2.75, 3.05) is 0 Å². The van der Waals surface area contributed by atoms with Crippen LogP contribution < -0.4 is 0 Å². The highest BCUT2D eigenvalue weighted by Crippen LogP contribution is 2.80. The van der Waals surface area contributed by atoms with Crippen molar-refractivity contribution in [1.82, 2.24) is 0 Å². The van der Waals surface area contributed by atoms with Crippen molar-refractivity contribution < 1.29 is 0 Å². The van der Waals surface area contributed by atoms with Gasteiger partial charge < -0.3 is 0 Å². The molecule has 0 fully saturated rings. The van der Waals surface area contributed by atoms with Crippen LogP contribution in [0.2, 0.25) is 5.02 Å². The smallest absolute Gasteiger partial charge is 0.0484 e. The summed E-state index contributed by atoms with van der Waals surface area (Å²) in [5.41, 5.74) is 7.45. The monoisotopic (exact) mass is 476 g/mol. The van der Waals surface area contributed by atoms with Gasteiger partial charge in [-0.15, -0.1) is 10.0 Å². The van der Waals surface area contributed by atoms with Crippen molar-refractivity contribution in [2.45, 2.75) is 33.4 Å². The first-order valence-electron chi connectivity index (χ1n) is 11.5. The van der Waals surface area contributed by atoms with E-state index in [0.717, 1.165) is 10.6 Å². The molecule has 2 heteroatoms. The number of benzene rings is 5. The predicted octanol–water partition coefficient (Wildman–Crippen LogP) is 9.95. The molecule has 0 amide bonds. The minimum absolute atomic E-state index is 0.784. The molecular weight excluding hydrogens is 452 g/mol. The summed E-state index contributed by atoms with van der Waals surface area (Å²) in [6.45, 7) is 4.31. The molecule has 0 saturated heterocycles. The molecule has 5 aromatic carbocycles. The van der Waals surface area contributed by atoms with Crippen LogP contribution in [-0.2, 0) is 0 Å². The Kier molecular flexibility index (Phi) is 5.13. The summed E-state index contributed by atoms with van der Waals surface area (Å²) in [4.78, 5) is 5.52. The van der Waals surface area contributed by atoms with Gasteiger partial charge in [-0.05, 0) is 67.4 Å². The summed E-state index contributed by atoms with van der Waals surface area (Å²) in [7, 11) is -1.66. The van der Waals surface area contributed by atoms with Gasteiger partial charge in [0.1, 0.15) is 0 Å². The van der Waals surface area contributed by atoms with Crippen molar-refractivity contribution in [3.05, 3.63) is 131 Å². The molecule has 1 aliphatic heterocycles. The summed E-state index contributed by atoms with van der Waals surface area (Å²) in [6, 6.07) is 42.2. The van der Waals surface area contributed by atoms with Gasteiger partial charge in [-0.1, -0.05) is 95.5 Å². The van der Waals surface area contributed by atoms with Gasteiger partial charge in [0.2, 0.25) is 0 Å². The third-order valence-electron chi connectivity index (χ3n) is 6.76. The largest absolute Gasteiger partial charge is 0.132 e.